The Bertz CT molecular complexity index is 699. The van der Waals surface area contributed by atoms with Crippen LogP contribution in [-0.2, 0) is 6.54 Å². The number of aromatic nitrogens is 1. The largest absolute Gasteiger partial charge is 0.468 e. The van der Waals surface area contributed by atoms with Gasteiger partial charge >= 0.3 is 12.2 Å². The molecule has 0 aliphatic carbocycles. The smallest absolute Gasteiger partial charge is 0.422 e. The zero-order valence-corrected chi connectivity index (χ0v) is 14.6. The van der Waals surface area contributed by atoms with Crippen LogP contribution in [0.5, 0.6) is 5.88 Å². The predicted octanol–water partition coefficient (Wildman–Crippen LogP) is 3.61. The first-order valence-corrected chi connectivity index (χ1v) is 8.75. The lowest BCUT2D eigenvalue weighted by atomic mass is 10.2. The molecule has 0 spiro atoms. The summed E-state index contributed by atoms with van der Waals surface area (Å²) in [6, 6.07) is 12.4. The molecule has 9 heteroatoms. The quantitative estimate of drug-likeness (QED) is 0.538. The minimum Gasteiger partial charge on any atom is -0.468 e. The fourth-order valence-corrected chi connectivity index (χ4v) is 2.68. The van der Waals surface area contributed by atoms with E-state index in [1.807, 2.05) is 30.3 Å². The summed E-state index contributed by atoms with van der Waals surface area (Å²) in [5, 5.41) is 5.35. The van der Waals surface area contributed by atoms with Crippen molar-refractivity contribution < 1.29 is 22.7 Å². The number of ether oxygens (including phenoxy) is 1. The molecular formula is C17H18F3N3O2S. The fraction of sp³-hybridized carbons (Fsp3) is 0.294. The lowest BCUT2D eigenvalue weighted by molar-refractivity contribution is -0.154. The van der Waals surface area contributed by atoms with E-state index in [4.69, 9.17) is 0 Å². The Morgan fingerprint density at radius 3 is 2.65 bits per heavy atom. The summed E-state index contributed by atoms with van der Waals surface area (Å²) in [6.07, 6.45) is -3.09. The van der Waals surface area contributed by atoms with Gasteiger partial charge in [0.1, 0.15) is 0 Å². The number of thioether (sulfide) groups is 1. The monoisotopic (exact) mass is 385 g/mol. The lowest BCUT2D eigenvalue weighted by Gasteiger charge is -2.10. The highest BCUT2D eigenvalue weighted by molar-refractivity contribution is 7.99. The van der Waals surface area contributed by atoms with Crippen LogP contribution < -0.4 is 15.4 Å². The van der Waals surface area contributed by atoms with Crippen molar-refractivity contribution in [2.75, 3.05) is 18.9 Å². The molecule has 0 saturated heterocycles. The Morgan fingerprint density at radius 2 is 1.92 bits per heavy atom. The molecule has 2 amide bonds. The van der Waals surface area contributed by atoms with E-state index in [0.29, 0.717) is 12.1 Å². The van der Waals surface area contributed by atoms with Crippen molar-refractivity contribution in [1.82, 2.24) is 15.6 Å². The second-order valence-corrected chi connectivity index (χ2v) is 6.35. The highest BCUT2D eigenvalue weighted by atomic mass is 32.2. The molecule has 2 rings (SSSR count). The van der Waals surface area contributed by atoms with Crippen LogP contribution in [0.4, 0.5) is 18.0 Å². The molecule has 140 valence electrons. The van der Waals surface area contributed by atoms with Crippen LogP contribution in [0.1, 0.15) is 5.56 Å². The Hall–Kier alpha value is -2.42. The standard InChI is InChI=1S/C17H18F3N3O2S/c18-17(19,20)12-25-15-10-13(6-7-21-15)11-23-16(24)22-8-9-26-14-4-2-1-3-5-14/h1-7,10H,8-9,11-12H2,(H2,22,23,24). The van der Waals surface area contributed by atoms with Crippen LogP contribution in [0.2, 0.25) is 0 Å². The summed E-state index contributed by atoms with van der Waals surface area (Å²) in [6.45, 7) is -0.763. The van der Waals surface area contributed by atoms with Gasteiger partial charge in [0.05, 0.1) is 0 Å². The highest BCUT2D eigenvalue weighted by Crippen LogP contribution is 2.17. The van der Waals surface area contributed by atoms with E-state index in [0.717, 1.165) is 10.6 Å². The zero-order valence-electron chi connectivity index (χ0n) is 13.8. The minimum absolute atomic E-state index is 0.138. The number of hydrogen-bond donors (Lipinski definition) is 2. The van der Waals surface area contributed by atoms with Crippen LogP contribution >= 0.6 is 11.8 Å². The molecule has 0 unspecified atom stereocenters. The maximum Gasteiger partial charge on any atom is 0.422 e. The van der Waals surface area contributed by atoms with Crippen LogP contribution in [0.15, 0.2) is 53.6 Å². The van der Waals surface area contributed by atoms with E-state index in [1.54, 1.807) is 17.8 Å². The maximum atomic E-state index is 12.1. The van der Waals surface area contributed by atoms with Crippen LogP contribution in [0.3, 0.4) is 0 Å². The van der Waals surface area contributed by atoms with E-state index in [1.165, 1.54) is 12.3 Å². The topological polar surface area (TPSA) is 63.2 Å². The third kappa shape index (κ3) is 8.11. The first-order valence-electron chi connectivity index (χ1n) is 7.76. The van der Waals surface area contributed by atoms with Crippen molar-refractivity contribution in [3.63, 3.8) is 0 Å². The van der Waals surface area contributed by atoms with Gasteiger partial charge in [0.15, 0.2) is 6.61 Å². The normalized spacial score (nSPS) is 11.0. The van der Waals surface area contributed by atoms with Gasteiger partial charge in [-0.2, -0.15) is 13.2 Å². The van der Waals surface area contributed by atoms with Gasteiger partial charge in [-0.15, -0.1) is 11.8 Å². The highest BCUT2D eigenvalue weighted by Gasteiger charge is 2.28. The summed E-state index contributed by atoms with van der Waals surface area (Å²) >= 11 is 1.63. The van der Waals surface area contributed by atoms with Crippen molar-refractivity contribution in [1.29, 1.82) is 0 Å². The average molecular weight is 385 g/mol. The van der Waals surface area contributed by atoms with Crippen molar-refractivity contribution in [2.24, 2.45) is 0 Å². The molecule has 0 saturated carbocycles. The van der Waals surface area contributed by atoms with Crippen molar-refractivity contribution in [2.45, 2.75) is 17.6 Å². The van der Waals surface area contributed by atoms with Crippen LogP contribution in [-0.4, -0.2) is 36.1 Å². The van der Waals surface area contributed by atoms with Gasteiger partial charge in [0.2, 0.25) is 5.88 Å². The number of hydrogen-bond acceptors (Lipinski definition) is 4. The van der Waals surface area contributed by atoms with Gasteiger partial charge in [-0.3, -0.25) is 0 Å². The zero-order chi connectivity index (χ0) is 18.8. The van der Waals surface area contributed by atoms with E-state index in [9.17, 15) is 18.0 Å². The van der Waals surface area contributed by atoms with Crippen molar-refractivity contribution in [3.05, 3.63) is 54.2 Å². The summed E-state index contributed by atoms with van der Waals surface area (Å²) in [7, 11) is 0. The number of alkyl halides is 3. The Balaban J connectivity index is 1.67. The number of nitrogens with one attached hydrogen (secondary N) is 2. The predicted molar refractivity (Wildman–Crippen MR) is 93.2 cm³/mol. The summed E-state index contributed by atoms with van der Waals surface area (Å²) in [5.41, 5.74) is 0.589. The van der Waals surface area contributed by atoms with Crippen LogP contribution in [0, 0.1) is 0 Å². The maximum absolute atomic E-state index is 12.1. The van der Waals surface area contributed by atoms with E-state index in [-0.39, 0.29) is 18.5 Å². The van der Waals surface area contributed by atoms with Crippen LogP contribution in [0.25, 0.3) is 0 Å². The number of rotatable bonds is 8. The second-order valence-electron chi connectivity index (χ2n) is 5.18. The van der Waals surface area contributed by atoms with Gasteiger partial charge < -0.3 is 15.4 Å². The van der Waals surface area contributed by atoms with Gasteiger partial charge in [0, 0.05) is 36.0 Å². The number of nitrogens with zero attached hydrogens (tertiary/aromatic N) is 1. The summed E-state index contributed by atoms with van der Waals surface area (Å²) in [4.78, 5) is 16.6. The SMILES string of the molecule is O=C(NCCSc1ccccc1)NCc1ccnc(OCC(F)(F)F)c1. The van der Waals surface area contributed by atoms with Gasteiger partial charge in [-0.05, 0) is 23.8 Å². The number of halogens is 3. The first kappa shape index (κ1) is 19.9. The second kappa shape index (κ2) is 9.91. The van der Waals surface area contributed by atoms with Gasteiger partial charge in [-0.1, -0.05) is 18.2 Å². The van der Waals surface area contributed by atoms with E-state index in [2.05, 4.69) is 20.4 Å². The molecule has 2 aromatic rings. The van der Waals surface area contributed by atoms with Gasteiger partial charge in [0.25, 0.3) is 0 Å². The third-order valence-electron chi connectivity index (χ3n) is 3.04. The summed E-state index contributed by atoms with van der Waals surface area (Å²) < 4.78 is 41.0. The molecule has 0 aliphatic heterocycles. The minimum atomic E-state index is -4.42. The van der Waals surface area contributed by atoms with E-state index < -0.39 is 12.8 Å². The molecule has 5 nitrogen and oxygen atoms in total. The van der Waals surface area contributed by atoms with Crippen molar-refractivity contribution in [3.8, 4) is 5.88 Å². The molecule has 0 radical (unpaired) electrons. The number of amides is 2. The molecule has 0 aliphatic rings. The molecule has 2 N–H and O–H groups in total. The first-order chi connectivity index (χ1) is 12.4. The molecule has 1 aromatic carbocycles. The number of pyridine rings is 1. The van der Waals surface area contributed by atoms with Gasteiger partial charge in [-0.25, -0.2) is 9.78 Å². The number of carbonyl (C=O) groups is 1. The molecule has 0 fully saturated rings. The number of benzene rings is 1. The molecule has 0 atom stereocenters. The summed E-state index contributed by atoms with van der Waals surface area (Å²) in [5.74, 6) is 0.587. The van der Waals surface area contributed by atoms with E-state index >= 15 is 0 Å². The average Bonchev–Trinajstić information content (AvgIpc) is 2.62. The number of urea groups is 1. The molecular weight excluding hydrogens is 367 g/mol. The lowest BCUT2D eigenvalue weighted by Crippen LogP contribution is -2.36. The number of carbonyl (C=O) groups excluding carboxylic acids is 1. The Labute approximate surface area is 153 Å². The molecule has 0 bridgehead atoms. The van der Waals surface area contributed by atoms with Crippen molar-refractivity contribution >= 4 is 17.8 Å². The fourth-order valence-electron chi connectivity index (χ4n) is 1.89. The Kier molecular flexibility index (Phi) is 7.58. The third-order valence-corrected chi connectivity index (χ3v) is 4.05. The molecule has 1 aromatic heterocycles. The molecule has 26 heavy (non-hydrogen) atoms. The Morgan fingerprint density at radius 1 is 1.15 bits per heavy atom. The molecule has 1 heterocycles.